The van der Waals surface area contributed by atoms with Crippen LogP contribution in [0, 0.1) is 10.1 Å². The monoisotopic (exact) mass is 336 g/mol. The molecule has 0 bridgehead atoms. The number of hydrogen-bond acceptors (Lipinski definition) is 4. The number of aromatic nitrogens is 2. The fraction of sp³-hybridized carbons (Fsp3) is 0.111. The summed E-state index contributed by atoms with van der Waals surface area (Å²) in [5.41, 5.74) is 2.05. The number of nitrogens with zero attached hydrogens (tertiary/aromatic N) is 2. The van der Waals surface area contributed by atoms with E-state index in [1.807, 2.05) is 31.2 Å². The molecule has 0 radical (unpaired) electrons. The highest BCUT2D eigenvalue weighted by molar-refractivity contribution is 5.92. The van der Waals surface area contributed by atoms with Gasteiger partial charge in [-0.3, -0.25) is 14.9 Å². The summed E-state index contributed by atoms with van der Waals surface area (Å²) in [6.07, 6.45) is 2.71. The van der Waals surface area contributed by atoms with Gasteiger partial charge in [-0.15, -0.1) is 0 Å². The van der Waals surface area contributed by atoms with Gasteiger partial charge in [0.1, 0.15) is 5.82 Å². The van der Waals surface area contributed by atoms with Gasteiger partial charge in [0.2, 0.25) is 5.91 Å². The van der Waals surface area contributed by atoms with E-state index in [0.29, 0.717) is 11.4 Å². The van der Waals surface area contributed by atoms with Crippen LogP contribution in [0.25, 0.3) is 17.1 Å². The Morgan fingerprint density at radius 3 is 2.72 bits per heavy atom. The standard InChI is InChI=1S/C18H16N4O3/c1-12(18-20-14-7-3-4-8-15(14)21-18)19-17(23)11-10-13-6-2-5-9-16(13)22(24)25/h2-12H,1H3,(H,19,23)(H,20,21). The number of hydrogen-bond donors (Lipinski definition) is 2. The molecule has 3 rings (SSSR count). The Morgan fingerprint density at radius 1 is 1.24 bits per heavy atom. The van der Waals surface area contributed by atoms with E-state index in [-0.39, 0.29) is 17.6 Å². The van der Waals surface area contributed by atoms with E-state index in [2.05, 4.69) is 15.3 Å². The zero-order valence-electron chi connectivity index (χ0n) is 13.5. The molecular formula is C18H16N4O3. The van der Waals surface area contributed by atoms with E-state index in [0.717, 1.165) is 11.0 Å². The quantitative estimate of drug-likeness (QED) is 0.424. The van der Waals surface area contributed by atoms with Crippen molar-refractivity contribution in [3.63, 3.8) is 0 Å². The molecule has 3 aromatic rings. The van der Waals surface area contributed by atoms with Crippen molar-refractivity contribution in [1.29, 1.82) is 0 Å². The lowest BCUT2D eigenvalue weighted by atomic mass is 10.1. The number of H-pyrrole nitrogens is 1. The molecule has 1 aromatic heterocycles. The van der Waals surface area contributed by atoms with Crippen LogP contribution in [0.5, 0.6) is 0 Å². The van der Waals surface area contributed by atoms with Crippen LogP contribution in [0.3, 0.4) is 0 Å². The summed E-state index contributed by atoms with van der Waals surface area (Å²) < 4.78 is 0. The summed E-state index contributed by atoms with van der Waals surface area (Å²) in [7, 11) is 0. The number of para-hydroxylation sites is 3. The second-order valence-corrected chi connectivity index (χ2v) is 5.52. The van der Waals surface area contributed by atoms with E-state index < -0.39 is 4.92 Å². The molecule has 0 aliphatic carbocycles. The molecule has 7 nitrogen and oxygen atoms in total. The van der Waals surface area contributed by atoms with Crippen LogP contribution in [0.2, 0.25) is 0 Å². The summed E-state index contributed by atoms with van der Waals surface area (Å²) in [6, 6.07) is 13.5. The van der Waals surface area contributed by atoms with Crippen molar-refractivity contribution in [2.24, 2.45) is 0 Å². The maximum atomic E-state index is 12.1. The Morgan fingerprint density at radius 2 is 1.96 bits per heavy atom. The first kappa shape index (κ1) is 16.4. The van der Waals surface area contributed by atoms with E-state index in [1.165, 1.54) is 18.2 Å². The van der Waals surface area contributed by atoms with Gasteiger partial charge in [-0.25, -0.2) is 4.98 Å². The second-order valence-electron chi connectivity index (χ2n) is 5.52. The fourth-order valence-electron chi connectivity index (χ4n) is 2.47. The fourth-order valence-corrected chi connectivity index (χ4v) is 2.47. The van der Waals surface area contributed by atoms with Crippen LogP contribution in [0.4, 0.5) is 5.69 Å². The highest BCUT2D eigenvalue weighted by Gasteiger charge is 2.13. The third-order valence-corrected chi connectivity index (χ3v) is 3.72. The number of nitro benzene ring substituents is 1. The number of nitro groups is 1. The average molecular weight is 336 g/mol. The predicted molar refractivity (Wildman–Crippen MR) is 94.8 cm³/mol. The van der Waals surface area contributed by atoms with Crippen molar-refractivity contribution >= 4 is 28.7 Å². The van der Waals surface area contributed by atoms with Gasteiger partial charge in [-0.1, -0.05) is 24.3 Å². The average Bonchev–Trinajstić information content (AvgIpc) is 3.04. The van der Waals surface area contributed by atoms with Gasteiger partial charge in [0, 0.05) is 12.1 Å². The molecule has 1 amide bonds. The minimum atomic E-state index is -0.478. The molecule has 1 unspecified atom stereocenters. The van der Waals surface area contributed by atoms with Gasteiger partial charge >= 0.3 is 0 Å². The van der Waals surface area contributed by atoms with Crippen LogP contribution in [-0.2, 0) is 4.79 Å². The molecule has 1 atom stereocenters. The van der Waals surface area contributed by atoms with E-state index in [1.54, 1.807) is 18.2 Å². The lowest BCUT2D eigenvalue weighted by Gasteiger charge is -2.09. The number of aromatic amines is 1. The van der Waals surface area contributed by atoms with Gasteiger partial charge in [-0.05, 0) is 31.2 Å². The predicted octanol–water partition coefficient (Wildman–Crippen LogP) is 3.36. The first-order valence-electron chi connectivity index (χ1n) is 7.71. The Bertz CT molecular complexity index is 929. The number of rotatable bonds is 5. The number of imidazole rings is 1. The number of carbonyl (C=O) groups excluding carboxylic acids is 1. The van der Waals surface area contributed by atoms with Gasteiger partial charge in [-0.2, -0.15) is 0 Å². The molecule has 0 saturated carbocycles. The maximum absolute atomic E-state index is 12.1. The van der Waals surface area contributed by atoms with Gasteiger partial charge < -0.3 is 10.3 Å². The normalized spacial score (nSPS) is 12.4. The van der Waals surface area contributed by atoms with Crippen molar-refractivity contribution in [1.82, 2.24) is 15.3 Å². The lowest BCUT2D eigenvalue weighted by Crippen LogP contribution is -2.25. The highest BCUT2D eigenvalue weighted by Crippen LogP contribution is 2.19. The van der Waals surface area contributed by atoms with Crippen molar-refractivity contribution in [2.75, 3.05) is 0 Å². The molecule has 25 heavy (non-hydrogen) atoms. The first-order valence-corrected chi connectivity index (χ1v) is 7.71. The topological polar surface area (TPSA) is 101 Å². The minimum Gasteiger partial charge on any atom is -0.343 e. The second kappa shape index (κ2) is 6.96. The van der Waals surface area contributed by atoms with Crippen LogP contribution >= 0.6 is 0 Å². The van der Waals surface area contributed by atoms with Crippen LogP contribution in [-0.4, -0.2) is 20.8 Å². The summed E-state index contributed by atoms with van der Waals surface area (Å²) in [4.78, 5) is 30.2. The largest absolute Gasteiger partial charge is 0.343 e. The van der Waals surface area contributed by atoms with E-state index in [9.17, 15) is 14.9 Å². The highest BCUT2D eigenvalue weighted by atomic mass is 16.6. The summed E-state index contributed by atoms with van der Waals surface area (Å²) in [5.74, 6) is 0.291. The molecule has 0 aliphatic heterocycles. The molecule has 2 aromatic carbocycles. The molecule has 126 valence electrons. The molecule has 0 aliphatic rings. The number of nitrogens with one attached hydrogen (secondary N) is 2. The SMILES string of the molecule is CC(NC(=O)C=Cc1ccccc1[N+](=O)[O-])c1nc2ccccc2[nH]1. The van der Waals surface area contributed by atoms with Crippen LogP contribution < -0.4 is 5.32 Å². The zero-order valence-corrected chi connectivity index (χ0v) is 13.5. The number of carbonyl (C=O) groups is 1. The van der Waals surface area contributed by atoms with Crippen LogP contribution in [0.15, 0.2) is 54.6 Å². The summed E-state index contributed by atoms with van der Waals surface area (Å²) in [5, 5.41) is 13.8. The Hall–Kier alpha value is -3.48. The van der Waals surface area contributed by atoms with Gasteiger partial charge in [0.15, 0.2) is 0 Å². The maximum Gasteiger partial charge on any atom is 0.276 e. The smallest absolute Gasteiger partial charge is 0.276 e. The number of benzene rings is 2. The summed E-state index contributed by atoms with van der Waals surface area (Å²) >= 11 is 0. The van der Waals surface area contributed by atoms with Crippen molar-refractivity contribution in [3.05, 3.63) is 76.1 Å². The molecule has 2 N–H and O–H groups in total. The minimum absolute atomic E-state index is 0.0446. The Balaban J connectivity index is 1.71. The molecule has 7 heteroatoms. The first-order chi connectivity index (χ1) is 12.0. The van der Waals surface area contributed by atoms with Gasteiger partial charge in [0.05, 0.1) is 27.6 Å². The third-order valence-electron chi connectivity index (χ3n) is 3.72. The Labute approximate surface area is 143 Å². The van der Waals surface area contributed by atoms with E-state index in [4.69, 9.17) is 0 Å². The number of fused-ring (bicyclic) bond motifs is 1. The van der Waals surface area contributed by atoms with Crippen molar-refractivity contribution < 1.29 is 9.72 Å². The van der Waals surface area contributed by atoms with E-state index >= 15 is 0 Å². The Kier molecular flexibility index (Phi) is 4.56. The third kappa shape index (κ3) is 3.72. The van der Waals surface area contributed by atoms with Gasteiger partial charge in [0.25, 0.3) is 5.69 Å². The van der Waals surface area contributed by atoms with Crippen molar-refractivity contribution in [2.45, 2.75) is 13.0 Å². The number of amides is 1. The summed E-state index contributed by atoms with van der Waals surface area (Å²) in [6.45, 7) is 1.81. The molecule has 0 spiro atoms. The molecule has 0 saturated heterocycles. The van der Waals surface area contributed by atoms with Crippen LogP contribution in [0.1, 0.15) is 24.4 Å². The van der Waals surface area contributed by atoms with Crippen molar-refractivity contribution in [3.8, 4) is 0 Å². The molecule has 1 heterocycles. The molecular weight excluding hydrogens is 320 g/mol. The molecule has 0 fully saturated rings. The lowest BCUT2D eigenvalue weighted by molar-refractivity contribution is -0.385. The zero-order chi connectivity index (χ0) is 17.8.